The van der Waals surface area contributed by atoms with Gasteiger partial charge in [-0.2, -0.15) is 0 Å². The Balaban J connectivity index is 1.91. The molecule has 0 saturated heterocycles. The molecule has 0 spiro atoms. The van der Waals surface area contributed by atoms with Crippen molar-refractivity contribution in [3.05, 3.63) is 95.1 Å². The van der Waals surface area contributed by atoms with Gasteiger partial charge < -0.3 is 19.7 Å². The van der Waals surface area contributed by atoms with Crippen LogP contribution in [0.1, 0.15) is 42.0 Å². The maximum absolute atomic E-state index is 13.7. The van der Waals surface area contributed by atoms with Crippen LogP contribution in [-0.2, 0) is 22.6 Å². The van der Waals surface area contributed by atoms with Crippen molar-refractivity contribution in [3.8, 4) is 11.5 Å². The number of hydrogen-bond donors (Lipinski definition) is 1. The summed E-state index contributed by atoms with van der Waals surface area (Å²) < 4.78 is 11.3. The molecular formula is C31H38N2O4. The normalized spacial score (nSPS) is 11.5. The number of carbonyl (C=O) groups excluding carboxylic acids is 2. The highest BCUT2D eigenvalue weighted by Gasteiger charge is 2.30. The molecule has 0 unspecified atom stereocenters. The van der Waals surface area contributed by atoms with Gasteiger partial charge in [0.05, 0.1) is 7.11 Å². The lowest BCUT2D eigenvalue weighted by Gasteiger charge is -2.31. The summed E-state index contributed by atoms with van der Waals surface area (Å²) in [5.41, 5.74) is 3.95. The summed E-state index contributed by atoms with van der Waals surface area (Å²) in [7, 11) is 1.61. The summed E-state index contributed by atoms with van der Waals surface area (Å²) in [6.45, 7) is 6.72. The Hall–Kier alpha value is -3.80. The van der Waals surface area contributed by atoms with E-state index in [2.05, 4.69) is 12.2 Å². The Bertz CT molecular complexity index is 1160. The minimum Gasteiger partial charge on any atom is -0.497 e. The van der Waals surface area contributed by atoms with Crippen LogP contribution in [0.4, 0.5) is 0 Å². The monoisotopic (exact) mass is 502 g/mol. The Kier molecular flexibility index (Phi) is 10.6. The lowest BCUT2D eigenvalue weighted by atomic mass is 10.0. The molecule has 3 aromatic carbocycles. The quantitative estimate of drug-likeness (QED) is 0.324. The van der Waals surface area contributed by atoms with Gasteiger partial charge in [0.2, 0.25) is 5.91 Å². The molecule has 0 fully saturated rings. The summed E-state index contributed by atoms with van der Waals surface area (Å²) in [4.78, 5) is 28.8. The zero-order valence-electron chi connectivity index (χ0n) is 22.3. The van der Waals surface area contributed by atoms with Crippen LogP contribution in [0.5, 0.6) is 11.5 Å². The first-order valence-corrected chi connectivity index (χ1v) is 12.8. The van der Waals surface area contributed by atoms with Crippen LogP contribution in [-0.4, -0.2) is 43.0 Å². The minimum atomic E-state index is -0.694. The molecule has 0 radical (unpaired) electrons. The number of carbonyl (C=O) groups is 2. The lowest BCUT2D eigenvalue weighted by molar-refractivity contribution is -0.142. The first kappa shape index (κ1) is 27.8. The Morgan fingerprint density at radius 3 is 2.41 bits per heavy atom. The van der Waals surface area contributed by atoms with E-state index >= 15 is 0 Å². The zero-order valence-corrected chi connectivity index (χ0v) is 22.3. The van der Waals surface area contributed by atoms with Gasteiger partial charge in [0.1, 0.15) is 17.5 Å². The number of hydrogen-bond acceptors (Lipinski definition) is 4. The fourth-order valence-electron chi connectivity index (χ4n) is 4.21. The minimum absolute atomic E-state index is 0.165. The third-order valence-corrected chi connectivity index (χ3v) is 6.27. The first-order valence-electron chi connectivity index (χ1n) is 12.8. The van der Waals surface area contributed by atoms with Crippen LogP contribution in [0.2, 0.25) is 0 Å². The second-order valence-electron chi connectivity index (χ2n) is 9.28. The molecule has 3 rings (SSSR count). The van der Waals surface area contributed by atoms with E-state index in [9.17, 15) is 9.59 Å². The second-order valence-corrected chi connectivity index (χ2v) is 9.28. The van der Waals surface area contributed by atoms with Gasteiger partial charge >= 0.3 is 0 Å². The average molecular weight is 503 g/mol. The van der Waals surface area contributed by atoms with E-state index in [-0.39, 0.29) is 25.0 Å². The molecule has 196 valence electrons. The fourth-order valence-corrected chi connectivity index (χ4v) is 4.21. The highest BCUT2D eigenvalue weighted by atomic mass is 16.5. The molecule has 3 aromatic rings. The maximum Gasteiger partial charge on any atom is 0.261 e. The van der Waals surface area contributed by atoms with Crippen LogP contribution in [0, 0.1) is 13.8 Å². The molecule has 0 aliphatic rings. The van der Waals surface area contributed by atoms with E-state index in [4.69, 9.17) is 9.47 Å². The van der Waals surface area contributed by atoms with Crippen molar-refractivity contribution in [1.82, 2.24) is 10.2 Å². The molecule has 0 aliphatic carbocycles. The number of aryl methyl sites for hydroxylation is 2. The summed E-state index contributed by atoms with van der Waals surface area (Å²) in [5.74, 6) is 0.935. The Morgan fingerprint density at radius 2 is 1.70 bits per heavy atom. The summed E-state index contributed by atoms with van der Waals surface area (Å²) in [6.07, 6.45) is 2.25. The van der Waals surface area contributed by atoms with E-state index in [1.807, 2.05) is 86.6 Å². The molecule has 0 bridgehead atoms. The third-order valence-electron chi connectivity index (χ3n) is 6.27. The predicted octanol–water partition coefficient (Wildman–Crippen LogP) is 5.25. The molecular weight excluding hydrogens is 464 g/mol. The van der Waals surface area contributed by atoms with Gasteiger partial charge in [-0.25, -0.2) is 0 Å². The summed E-state index contributed by atoms with van der Waals surface area (Å²) >= 11 is 0. The number of amides is 2. The van der Waals surface area contributed by atoms with Gasteiger partial charge in [-0.15, -0.1) is 0 Å². The van der Waals surface area contributed by atoms with E-state index in [0.29, 0.717) is 24.5 Å². The van der Waals surface area contributed by atoms with Crippen LogP contribution < -0.4 is 14.8 Å². The van der Waals surface area contributed by atoms with Gasteiger partial charge in [-0.05, 0) is 55.2 Å². The second kappa shape index (κ2) is 14.1. The molecule has 37 heavy (non-hydrogen) atoms. The van der Waals surface area contributed by atoms with Crippen LogP contribution in [0.25, 0.3) is 0 Å². The first-order chi connectivity index (χ1) is 17.9. The standard InChI is InChI=1S/C31H38N2O4/c1-5-6-17-32-31(35)28(20-25-11-8-7-9-12-25)33(21-26-13-10-14-27(19-26)36-4)30(34)22-37-29-16-15-23(2)18-24(29)3/h7-16,18-19,28H,5-6,17,20-22H2,1-4H3,(H,32,35)/t28-/m1/s1. The van der Waals surface area contributed by atoms with Crippen LogP contribution in [0.3, 0.4) is 0 Å². The maximum atomic E-state index is 13.7. The van der Waals surface area contributed by atoms with Crippen LogP contribution >= 0.6 is 0 Å². The van der Waals surface area contributed by atoms with Crippen molar-refractivity contribution in [2.24, 2.45) is 0 Å². The highest BCUT2D eigenvalue weighted by Crippen LogP contribution is 2.21. The van der Waals surface area contributed by atoms with Gasteiger partial charge in [0.15, 0.2) is 6.61 Å². The number of ether oxygens (including phenoxy) is 2. The zero-order chi connectivity index (χ0) is 26.6. The SMILES string of the molecule is CCCCNC(=O)[C@@H](Cc1ccccc1)N(Cc1cccc(OC)c1)C(=O)COc1ccc(C)cc1C. The number of methoxy groups -OCH3 is 1. The largest absolute Gasteiger partial charge is 0.497 e. The smallest absolute Gasteiger partial charge is 0.261 e. The van der Waals surface area contributed by atoms with Crippen molar-refractivity contribution in [2.45, 2.75) is 52.6 Å². The van der Waals surface area contributed by atoms with E-state index < -0.39 is 6.04 Å². The van der Waals surface area contributed by atoms with E-state index in [1.165, 1.54) is 0 Å². The van der Waals surface area contributed by atoms with E-state index in [0.717, 1.165) is 35.1 Å². The van der Waals surface area contributed by atoms with Gasteiger partial charge in [-0.1, -0.05) is 73.5 Å². The van der Waals surface area contributed by atoms with Crippen molar-refractivity contribution >= 4 is 11.8 Å². The van der Waals surface area contributed by atoms with Gasteiger partial charge in [0, 0.05) is 19.5 Å². The van der Waals surface area contributed by atoms with E-state index in [1.54, 1.807) is 12.0 Å². The number of nitrogens with zero attached hydrogens (tertiary/aromatic N) is 1. The number of benzene rings is 3. The number of rotatable bonds is 13. The van der Waals surface area contributed by atoms with Gasteiger partial charge in [-0.3, -0.25) is 9.59 Å². The number of nitrogens with one attached hydrogen (secondary N) is 1. The predicted molar refractivity (Wildman–Crippen MR) is 147 cm³/mol. The highest BCUT2D eigenvalue weighted by molar-refractivity contribution is 5.88. The van der Waals surface area contributed by atoms with Crippen molar-refractivity contribution in [3.63, 3.8) is 0 Å². The molecule has 6 nitrogen and oxygen atoms in total. The molecule has 1 N–H and O–H groups in total. The van der Waals surface area contributed by atoms with Crippen molar-refractivity contribution in [2.75, 3.05) is 20.3 Å². The summed E-state index contributed by atoms with van der Waals surface area (Å²) in [6, 6.07) is 22.5. The fraction of sp³-hybridized carbons (Fsp3) is 0.355. The van der Waals surface area contributed by atoms with Crippen LogP contribution in [0.15, 0.2) is 72.8 Å². The molecule has 1 atom stereocenters. The summed E-state index contributed by atoms with van der Waals surface area (Å²) in [5, 5.41) is 3.04. The van der Waals surface area contributed by atoms with Crippen molar-refractivity contribution in [1.29, 1.82) is 0 Å². The molecule has 0 saturated carbocycles. The average Bonchev–Trinajstić information content (AvgIpc) is 2.90. The molecule has 6 heteroatoms. The van der Waals surface area contributed by atoms with Gasteiger partial charge in [0.25, 0.3) is 5.91 Å². The lowest BCUT2D eigenvalue weighted by Crippen LogP contribution is -2.51. The molecule has 0 aromatic heterocycles. The Morgan fingerprint density at radius 1 is 0.946 bits per heavy atom. The molecule has 2 amide bonds. The topological polar surface area (TPSA) is 67.9 Å². The van der Waals surface area contributed by atoms with Crippen molar-refractivity contribution < 1.29 is 19.1 Å². The molecule has 0 aliphatic heterocycles. The molecule has 0 heterocycles. The number of unbranched alkanes of at least 4 members (excludes halogenated alkanes) is 1. The Labute approximate surface area is 220 Å². The third kappa shape index (κ3) is 8.38.